The van der Waals surface area contributed by atoms with E-state index in [9.17, 15) is 17.2 Å². The second-order valence-corrected chi connectivity index (χ2v) is 9.58. The number of anilines is 2. The van der Waals surface area contributed by atoms with Crippen molar-refractivity contribution in [1.82, 2.24) is 33.5 Å². The summed E-state index contributed by atoms with van der Waals surface area (Å²) in [6, 6.07) is 5.78. The highest BCUT2D eigenvalue weighted by Crippen LogP contribution is 2.29. The van der Waals surface area contributed by atoms with Gasteiger partial charge in [-0.25, -0.2) is 31.2 Å². The number of nitrogens with zero attached hydrogens (tertiary/aromatic N) is 7. The lowest BCUT2D eigenvalue weighted by Crippen LogP contribution is -2.45. The number of hydrogen-bond donors (Lipinski definition) is 2. The third kappa shape index (κ3) is 4.85. The average Bonchev–Trinajstić information content (AvgIpc) is 3.38. The van der Waals surface area contributed by atoms with E-state index < -0.39 is 22.5 Å². The molecule has 0 aromatic carbocycles. The molecule has 0 bridgehead atoms. The highest BCUT2D eigenvalue weighted by Gasteiger charge is 2.38. The van der Waals surface area contributed by atoms with Crippen molar-refractivity contribution >= 4 is 33.0 Å². The van der Waals surface area contributed by atoms with Gasteiger partial charge in [-0.05, 0) is 24.6 Å². The molecular weight excluding hydrogens is 456 g/mol. The van der Waals surface area contributed by atoms with Gasteiger partial charge in [-0.3, -0.25) is 0 Å². The molecule has 1 fully saturated rings. The molecule has 1 aliphatic rings. The Kier molecular flexibility index (Phi) is 5.88. The Bertz CT molecular complexity index is 1400. The molecule has 0 aliphatic carbocycles. The lowest BCUT2D eigenvalue weighted by molar-refractivity contribution is -0.0432. The van der Waals surface area contributed by atoms with E-state index in [-0.39, 0.29) is 25.3 Å². The predicted octanol–water partition coefficient (Wildman–Crippen LogP) is 1.74. The van der Waals surface area contributed by atoms with Crippen molar-refractivity contribution in [1.29, 1.82) is 0 Å². The molecule has 4 aromatic rings. The third-order valence-corrected chi connectivity index (χ3v) is 6.37. The van der Waals surface area contributed by atoms with Crippen LogP contribution in [-0.2, 0) is 10.0 Å². The molecule has 176 valence electrons. The van der Waals surface area contributed by atoms with E-state index >= 15 is 0 Å². The van der Waals surface area contributed by atoms with Crippen molar-refractivity contribution in [3.05, 3.63) is 36.8 Å². The monoisotopic (exact) mass is 479 g/mol. The maximum Gasteiger partial charge on any atom is 0.261 e. The standard InChI is InChI=1S/C13H12N8.C6H11F2NO2S/c1-15-12-11-8(4-6-21(11)19-13(14)17-12)9-2-3-10-16-5-7-20(10)18-9;1-12(10,11)9-4-2-3-6(7,8)5-9/h2-7H,1H3,(H3,14,15,17,19);2-5H2,1H3. The van der Waals surface area contributed by atoms with Crippen LogP contribution in [0.5, 0.6) is 0 Å². The van der Waals surface area contributed by atoms with Crippen LogP contribution in [0.25, 0.3) is 22.4 Å². The molecule has 1 saturated heterocycles. The zero-order valence-corrected chi connectivity index (χ0v) is 18.8. The molecule has 5 rings (SSSR count). The number of nitrogen functional groups attached to an aromatic ring is 1. The van der Waals surface area contributed by atoms with E-state index in [1.54, 1.807) is 22.3 Å². The molecule has 1 aliphatic heterocycles. The molecule has 0 saturated carbocycles. The summed E-state index contributed by atoms with van der Waals surface area (Å²) in [4.78, 5) is 8.41. The second-order valence-electron chi connectivity index (χ2n) is 7.60. The van der Waals surface area contributed by atoms with Crippen molar-refractivity contribution in [2.75, 3.05) is 37.4 Å². The zero-order chi connectivity index (χ0) is 23.8. The van der Waals surface area contributed by atoms with Crippen LogP contribution in [0.2, 0.25) is 0 Å². The van der Waals surface area contributed by atoms with Crippen molar-refractivity contribution in [3.8, 4) is 11.3 Å². The number of nitrogens with one attached hydrogen (secondary N) is 1. The van der Waals surface area contributed by atoms with Crippen LogP contribution >= 0.6 is 0 Å². The Morgan fingerprint density at radius 3 is 2.61 bits per heavy atom. The van der Waals surface area contributed by atoms with Crippen LogP contribution in [-0.4, -0.2) is 74.2 Å². The first kappa shape index (κ1) is 22.8. The molecule has 0 spiro atoms. The Balaban J connectivity index is 0.000000185. The van der Waals surface area contributed by atoms with E-state index in [4.69, 9.17) is 5.73 Å². The number of rotatable bonds is 3. The average molecular weight is 480 g/mol. The van der Waals surface area contributed by atoms with Gasteiger partial charge in [-0.1, -0.05) is 0 Å². The van der Waals surface area contributed by atoms with Crippen molar-refractivity contribution in [2.24, 2.45) is 0 Å². The summed E-state index contributed by atoms with van der Waals surface area (Å²) in [5.74, 6) is -1.97. The van der Waals surface area contributed by atoms with Crippen LogP contribution in [0.15, 0.2) is 36.8 Å². The first-order valence-corrected chi connectivity index (χ1v) is 11.9. The highest BCUT2D eigenvalue weighted by molar-refractivity contribution is 7.88. The molecule has 3 N–H and O–H groups in total. The molecular formula is C19H23F2N9O2S. The van der Waals surface area contributed by atoms with Crippen molar-refractivity contribution < 1.29 is 17.2 Å². The second kappa shape index (κ2) is 8.51. The normalized spacial score (nSPS) is 16.5. The van der Waals surface area contributed by atoms with E-state index in [1.165, 1.54) is 0 Å². The lowest BCUT2D eigenvalue weighted by Gasteiger charge is -2.30. The van der Waals surface area contributed by atoms with E-state index in [0.29, 0.717) is 5.82 Å². The maximum atomic E-state index is 12.7. The van der Waals surface area contributed by atoms with Gasteiger partial charge >= 0.3 is 0 Å². The topological polar surface area (TPSA) is 136 Å². The quantitative estimate of drug-likeness (QED) is 0.454. The summed E-state index contributed by atoms with van der Waals surface area (Å²) in [6.07, 6.45) is 6.34. The number of alkyl halides is 2. The summed E-state index contributed by atoms with van der Waals surface area (Å²) in [6.45, 7) is -0.444. The van der Waals surface area contributed by atoms with Crippen molar-refractivity contribution in [2.45, 2.75) is 18.8 Å². The molecule has 0 atom stereocenters. The molecule has 11 nitrogen and oxygen atoms in total. The number of imidazole rings is 1. The van der Waals surface area contributed by atoms with Gasteiger partial charge in [0.15, 0.2) is 11.5 Å². The molecule has 33 heavy (non-hydrogen) atoms. The van der Waals surface area contributed by atoms with Gasteiger partial charge in [0.05, 0.1) is 18.5 Å². The Morgan fingerprint density at radius 2 is 1.94 bits per heavy atom. The molecule has 14 heteroatoms. The number of sulfonamides is 1. The summed E-state index contributed by atoms with van der Waals surface area (Å²) in [7, 11) is -1.65. The Hall–Kier alpha value is -3.39. The van der Waals surface area contributed by atoms with Crippen LogP contribution < -0.4 is 11.1 Å². The van der Waals surface area contributed by atoms with Gasteiger partial charge in [0, 0.05) is 44.2 Å². The van der Waals surface area contributed by atoms with Crippen LogP contribution in [0.4, 0.5) is 20.5 Å². The van der Waals surface area contributed by atoms with E-state index in [0.717, 1.165) is 33.0 Å². The van der Waals surface area contributed by atoms with Gasteiger partial charge < -0.3 is 11.1 Å². The number of fused-ring (bicyclic) bond motifs is 2. The van der Waals surface area contributed by atoms with Gasteiger partial charge in [0.25, 0.3) is 5.92 Å². The molecule has 5 heterocycles. The minimum atomic E-state index is -3.44. The molecule has 0 unspecified atom stereocenters. The zero-order valence-electron chi connectivity index (χ0n) is 18.0. The minimum Gasteiger partial charge on any atom is -0.371 e. The van der Waals surface area contributed by atoms with Gasteiger partial charge in [-0.2, -0.15) is 14.4 Å². The van der Waals surface area contributed by atoms with Crippen LogP contribution in [0, 0.1) is 0 Å². The summed E-state index contributed by atoms with van der Waals surface area (Å²) < 4.78 is 51.4. The SMILES string of the molecule is CNc1nc(N)nn2ccc(-c3ccc4nccn4n3)c12.CS(=O)(=O)N1CCCC(F)(F)C1. The Morgan fingerprint density at radius 1 is 1.15 bits per heavy atom. The fraction of sp³-hybridized carbons (Fsp3) is 0.368. The summed E-state index contributed by atoms with van der Waals surface area (Å²) in [5.41, 5.74) is 9.07. The number of aromatic nitrogens is 6. The lowest BCUT2D eigenvalue weighted by atomic mass is 10.1. The van der Waals surface area contributed by atoms with Gasteiger partial charge in [-0.15, -0.1) is 5.10 Å². The third-order valence-electron chi connectivity index (χ3n) is 5.12. The fourth-order valence-electron chi connectivity index (χ4n) is 3.59. The fourth-order valence-corrected chi connectivity index (χ4v) is 4.48. The molecule has 4 aromatic heterocycles. The molecule has 0 radical (unpaired) electrons. The summed E-state index contributed by atoms with van der Waals surface area (Å²) >= 11 is 0. The highest BCUT2D eigenvalue weighted by atomic mass is 32.2. The van der Waals surface area contributed by atoms with Gasteiger partial charge in [0.2, 0.25) is 16.0 Å². The number of piperidine rings is 1. The van der Waals surface area contributed by atoms with E-state index in [2.05, 4.69) is 25.5 Å². The van der Waals surface area contributed by atoms with E-state index in [1.807, 2.05) is 30.6 Å². The first-order valence-electron chi connectivity index (χ1n) is 10.0. The van der Waals surface area contributed by atoms with Crippen LogP contribution in [0.1, 0.15) is 12.8 Å². The number of nitrogens with two attached hydrogens (primary N) is 1. The minimum absolute atomic E-state index is 0.209. The first-order chi connectivity index (χ1) is 15.6. The maximum absolute atomic E-state index is 12.7. The number of halogens is 2. The van der Waals surface area contributed by atoms with Gasteiger partial charge in [0.1, 0.15) is 5.52 Å². The predicted molar refractivity (Wildman–Crippen MR) is 120 cm³/mol. The smallest absolute Gasteiger partial charge is 0.261 e. The largest absolute Gasteiger partial charge is 0.371 e. The number of hydrogen-bond acceptors (Lipinski definition) is 8. The summed E-state index contributed by atoms with van der Waals surface area (Å²) in [5, 5.41) is 11.8. The Labute approximate surface area is 188 Å². The van der Waals surface area contributed by atoms with Crippen molar-refractivity contribution in [3.63, 3.8) is 0 Å². The molecule has 0 amide bonds. The van der Waals surface area contributed by atoms with Crippen LogP contribution in [0.3, 0.4) is 0 Å².